The van der Waals surface area contributed by atoms with Gasteiger partial charge in [0.15, 0.2) is 6.61 Å². The third-order valence-corrected chi connectivity index (χ3v) is 2.74. The number of ether oxygens (including phenoxy) is 1. The van der Waals surface area contributed by atoms with E-state index in [4.69, 9.17) is 9.84 Å². The molecule has 1 aromatic carbocycles. The van der Waals surface area contributed by atoms with E-state index < -0.39 is 5.97 Å². The minimum absolute atomic E-state index is 0.283. The zero-order valence-electron chi connectivity index (χ0n) is 9.27. The van der Waals surface area contributed by atoms with Gasteiger partial charge < -0.3 is 14.7 Å². The minimum atomic E-state index is -0.949. The second-order valence-electron chi connectivity index (χ2n) is 4.10. The third-order valence-electron chi connectivity index (χ3n) is 2.74. The van der Waals surface area contributed by atoms with Crippen LogP contribution >= 0.6 is 0 Å². The molecule has 0 aliphatic carbocycles. The Morgan fingerprint density at radius 2 is 2.31 bits per heavy atom. The molecule has 0 spiro atoms. The lowest BCUT2D eigenvalue weighted by Crippen LogP contribution is -2.26. The highest BCUT2D eigenvalue weighted by Gasteiger charge is 2.13. The highest BCUT2D eigenvalue weighted by Crippen LogP contribution is 2.23. The Labute approximate surface area is 94.4 Å². The fourth-order valence-corrected chi connectivity index (χ4v) is 1.91. The van der Waals surface area contributed by atoms with Crippen molar-refractivity contribution >= 4 is 5.97 Å². The Kier molecular flexibility index (Phi) is 3.10. The van der Waals surface area contributed by atoms with Gasteiger partial charge >= 0.3 is 5.97 Å². The quantitative estimate of drug-likeness (QED) is 0.831. The number of benzene rings is 1. The lowest BCUT2D eigenvalue weighted by molar-refractivity contribution is -0.139. The predicted octanol–water partition coefficient (Wildman–Crippen LogP) is 1.14. The molecule has 1 aromatic rings. The van der Waals surface area contributed by atoms with Crippen molar-refractivity contribution in [3.8, 4) is 5.75 Å². The summed E-state index contributed by atoms with van der Waals surface area (Å²) in [4.78, 5) is 12.6. The Morgan fingerprint density at radius 1 is 1.50 bits per heavy atom. The lowest BCUT2D eigenvalue weighted by Gasteiger charge is -2.25. The van der Waals surface area contributed by atoms with E-state index in [0.717, 1.165) is 19.5 Å². The molecule has 2 rings (SSSR count). The van der Waals surface area contributed by atoms with Crippen molar-refractivity contribution in [2.75, 3.05) is 20.2 Å². The summed E-state index contributed by atoms with van der Waals surface area (Å²) in [7, 11) is 2.08. The van der Waals surface area contributed by atoms with Gasteiger partial charge in [-0.15, -0.1) is 0 Å². The largest absolute Gasteiger partial charge is 0.482 e. The van der Waals surface area contributed by atoms with Gasteiger partial charge in [0.25, 0.3) is 0 Å². The Hall–Kier alpha value is -1.55. The maximum atomic E-state index is 10.4. The summed E-state index contributed by atoms with van der Waals surface area (Å²) in [5.74, 6) is -0.314. The zero-order chi connectivity index (χ0) is 11.5. The molecule has 0 saturated carbocycles. The molecule has 16 heavy (non-hydrogen) atoms. The van der Waals surface area contributed by atoms with Crippen molar-refractivity contribution in [3.05, 3.63) is 29.3 Å². The number of carboxylic acids is 1. The van der Waals surface area contributed by atoms with E-state index in [1.807, 2.05) is 18.2 Å². The van der Waals surface area contributed by atoms with Crippen LogP contribution in [0.25, 0.3) is 0 Å². The fourth-order valence-electron chi connectivity index (χ4n) is 1.91. The van der Waals surface area contributed by atoms with Crippen LogP contribution < -0.4 is 4.74 Å². The summed E-state index contributed by atoms with van der Waals surface area (Å²) in [6.07, 6.45) is 1.05. The monoisotopic (exact) mass is 221 g/mol. The van der Waals surface area contributed by atoms with Crippen LogP contribution in [0.3, 0.4) is 0 Å². The predicted molar refractivity (Wildman–Crippen MR) is 59.6 cm³/mol. The minimum Gasteiger partial charge on any atom is -0.482 e. The van der Waals surface area contributed by atoms with Gasteiger partial charge in [-0.1, -0.05) is 6.07 Å². The van der Waals surface area contributed by atoms with Crippen LogP contribution in [0.5, 0.6) is 5.75 Å². The first-order valence-corrected chi connectivity index (χ1v) is 5.30. The van der Waals surface area contributed by atoms with Crippen LogP contribution in [0, 0.1) is 0 Å². The van der Waals surface area contributed by atoms with Crippen LogP contribution in [0.15, 0.2) is 18.2 Å². The van der Waals surface area contributed by atoms with Gasteiger partial charge in [0.05, 0.1) is 0 Å². The van der Waals surface area contributed by atoms with Crippen LogP contribution in [0.2, 0.25) is 0 Å². The van der Waals surface area contributed by atoms with Crippen LogP contribution in [0.1, 0.15) is 11.1 Å². The van der Waals surface area contributed by atoms with Gasteiger partial charge in [-0.05, 0) is 36.7 Å². The number of nitrogens with zero attached hydrogens (tertiary/aromatic N) is 1. The molecule has 1 aliphatic heterocycles. The summed E-state index contributed by atoms with van der Waals surface area (Å²) in [5, 5.41) is 8.52. The first kappa shape index (κ1) is 11.0. The second-order valence-corrected chi connectivity index (χ2v) is 4.10. The second kappa shape index (κ2) is 4.53. The van der Waals surface area contributed by atoms with Crippen molar-refractivity contribution in [3.63, 3.8) is 0 Å². The first-order valence-electron chi connectivity index (χ1n) is 5.30. The number of hydrogen-bond acceptors (Lipinski definition) is 3. The summed E-state index contributed by atoms with van der Waals surface area (Å²) in [5.41, 5.74) is 2.57. The van der Waals surface area contributed by atoms with E-state index >= 15 is 0 Å². The van der Waals surface area contributed by atoms with Crippen LogP contribution in [-0.2, 0) is 17.8 Å². The topological polar surface area (TPSA) is 49.8 Å². The number of carbonyl (C=O) groups is 1. The average Bonchev–Trinajstić information content (AvgIpc) is 2.25. The molecule has 1 aliphatic rings. The molecule has 0 saturated heterocycles. The highest BCUT2D eigenvalue weighted by atomic mass is 16.5. The molecule has 0 radical (unpaired) electrons. The van der Waals surface area contributed by atoms with Crippen molar-refractivity contribution in [2.24, 2.45) is 0 Å². The van der Waals surface area contributed by atoms with Crippen molar-refractivity contribution in [2.45, 2.75) is 13.0 Å². The maximum absolute atomic E-state index is 10.4. The molecule has 4 nitrogen and oxygen atoms in total. The van der Waals surface area contributed by atoms with E-state index in [0.29, 0.717) is 5.75 Å². The number of rotatable bonds is 3. The number of carboxylic acid groups (broad SMARTS) is 1. The number of aliphatic carboxylic acids is 1. The highest BCUT2D eigenvalue weighted by molar-refractivity contribution is 5.68. The molecule has 4 heteroatoms. The molecule has 1 heterocycles. The standard InChI is InChI=1S/C12H15NO3/c1-13-5-4-9-2-3-11(6-10(9)7-13)16-8-12(14)15/h2-3,6H,4-5,7-8H2,1H3,(H,14,15). The summed E-state index contributed by atoms with van der Waals surface area (Å²) in [6, 6.07) is 5.81. The summed E-state index contributed by atoms with van der Waals surface area (Å²) in [6.45, 7) is 1.69. The average molecular weight is 221 g/mol. The lowest BCUT2D eigenvalue weighted by atomic mass is 10.00. The number of likely N-dealkylation sites (N-methyl/N-ethyl adjacent to an activating group) is 1. The van der Waals surface area contributed by atoms with Crippen molar-refractivity contribution in [1.82, 2.24) is 4.90 Å². The van der Waals surface area contributed by atoms with Crippen LogP contribution in [-0.4, -0.2) is 36.2 Å². The first-order chi connectivity index (χ1) is 7.65. The SMILES string of the molecule is CN1CCc2ccc(OCC(=O)O)cc2C1. The molecule has 0 unspecified atom stereocenters. The van der Waals surface area contributed by atoms with Crippen molar-refractivity contribution < 1.29 is 14.6 Å². The molecule has 0 aromatic heterocycles. The normalized spacial score (nSPS) is 15.6. The molecular formula is C12H15NO3. The van der Waals surface area contributed by atoms with Gasteiger partial charge in [0, 0.05) is 13.1 Å². The van der Waals surface area contributed by atoms with E-state index in [9.17, 15) is 4.79 Å². The van der Waals surface area contributed by atoms with Gasteiger partial charge in [0.1, 0.15) is 5.75 Å². The van der Waals surface area contributed by atoms with Gasteiger partial charge in [0.2, 0.25) is 0 Å². The molecular weight excluding hydrogens is 206 g/mol. The van der Waals surface area contributed by atoms with Gasteiger partial charge in [-0.2, -0.15) is 0 Å². The Bertz CT molecular complexity index is 403. The molecule has 86 valence electrons. The van der Waals surface area contributed by atoms with E-state index in [1.54, 1.807) is 0 Å². The molecule has 0 atom stereocenters. The number of fused-ring (bicyclic) bond motifs is 1. The van der Waals surface area contributed by atoms with E-state index in [-0.39, 0.29) is 6.61 Å². The third kappa shape index (κ3) is 2.52. The van der Waals surface area contributed by atoms with E-state index in [2.05, 4.69) is 11.9 Å². The molecule has 0 fully saturated rings. The fraction of sp³-hybridized carbons (Fsp3) is 0.417. The summed E-state index contributed by atoms with van der Waals surface area (Å²) >= 11 is 0. The Balaban J connectivity index is 2.11. The molecule has 1 N–H and O–H groups in total. The molecule has 0 amide bonds. The van der Waals surface area contributed by atoms with Gasteiger partial charge in [-0.3, -0.25) is 0 Å². The molecule has 0 bridgehead atoms. The zero-order valence-corrected chi connectivity index (χ0v) is 9.27. The van der Waals surface area contributed by atoms with Crippen LogP contribution in [0.4, 0.5) is 0 Å². The van der Waals surface area contributed by atoms with Gasteiger partial charge in [-0.25, -0.2) is 4.79 Å². The van der Waals surface area contributed by atoms with E-state index in [1.165, 1.54) is 11.1 Å². The smallest absolute Gasteiger partial charge is 0.341 e. The maximum Gasteiger partial charge on any atom is 0.341 e. The number of hydrogen-bond donors (Lipinski definition) is 1. The Morgan fingerprint density at radius 3 is 3.06 bits per heavy atom. The van der Waals surface area contributed by atoms with Crippen molar-refractivity contribution in [1.29, 1.82) is 0 Å². The summed E-state index contributed by atoms with van der Waals surface area (Å²) < 4.78 is 5.15.